The van der Waals surface area contributed by atoms with Crippen LogP contribution >= 0.6 is 0 Å². The van der Waals surface area contributed by atoms with E-state index in [1.807, 2.05) is 64.3 Å². The molecular formula is C20H24N4O2. The van der Waals surface area contributed by atoms with Gasteiger partial charge >= 0.3 is 0 Å². The molecule has 0 radical (unpaired) electrons. The molecule has 26 heavy (non-hydrogen) atoms. The van der Waals surface area contributed by atoms with Gasteiger partial charge in [-0.1, -0.05) is 44.2 Å². The lowest BCUT2D eigenvalue weighted by Gasteiger charge is -2.16. The van der Waals surface area contributed by atoms with Gasteiger partial charge in [-0.05, 0) is 17.7 Å². The summed E-state index contributed by atoms with van der Waals surface area (Å²) < 4.78 is 0. The molecule has 1 aromatic carbocycles. The Morgan fingerprint density at radius 2 is 1.81 bits per heavy atom. The highest BCUT2D eigenvalue weighted by Crippen LogP contribution is 2.31. The van der Waals surface area contributed by atoms with Crippen LogP contribution in [0.15, 0.2) is 48.7 Å². The zero-order valence-corrected chi connectivity index (χ0v) is 15.5. The van der Waals surface area contributed by atoms with E-state index in [1.54, 1.807) is 17.2 Å². The molecule has 2 N–H and O–H groups in total. The van der Waals surface area contributed by atoms with E-state index in [0.717, 1.165) is 5.56 Å². The summed E-state index contributed by atoms with van der Waals surface area (Å²) in [6.07, 6.45) is 1.58. The van der Waals surface area contributed by atoms with Gasteiger partial charge in [-0.25, -0.2) is 4.98 Å². The van der Waals surface area contributed by atoms with E-state index in [1.165, 1.54) is 0 Å². The van der Waals surface area contributed by atoms with Crippen LogP contribution in [0.25, 0.3) is 10.9 Å². The molecule has 0 aliphatic heterocycles. The average molecular weight is 352 g/mol. The van der Waals surface area contributed by atoms with Gasteiger partial charge < -0.3 is 15.3 Å². The number of hydrogen-bond donors (Lipinski definition) is 2. The Morgan fingerprint density at radius 3 is 2.46 bits per heavy atom. The molecule has 6 nitrogen and oxygen atoms in total. The Hall–Kier alpha value is -3.15. The van der Waals surface area contributed by atoms with Gasteiger partial charge in [0, 0.05) is 32.2 Å². The quantitative estimate of drug-likeness (QED) is 0.753. The second-order valence-corrected chi connectivity index (χ2v) is 5.59. The molecule has 0 saturated heterocycles. The summed E-state index contributed by atoms with van der Waals surface area (Å²) >= 11 is 0. The first kappa shape index (κ1) is 19.2. The van der Waals surface area contributed by atoms with Crippen molar-refractivity contribution in [2.45, 2.75) is 20.4 Å². The highest BCUT2D eigenvalue weighted by molar-refractivity contribution is 6.03. The third-order valence-corrected chi connectivity index (χ3v) is 3.65. The number of nitrogens with one attached hydrogen (secondary N) is 1. The second kappa shape index (κ2) is 8.80. The Morgan fingerprint density at radius 1 is 1.12 bits per heavy atom. The average Bonchev–Trinajstić information content (AvgIpc) is 2.68. The Bertz CT molecular complexity index is 880. The fraction of sp³-hybridized carbons (Fsp3) is 0.250. The minimum absolute atomic E-state index is 0.0270. The largest absolute Gasteiger partial charge is 0.504 e. The van der Waals surface area contributed by atoms with Gasteiger partial charge in [0.15, 0.2) is 11.4 Å². The fourth-order valence-electron chi connectivity index (χ4n) is 2.47. The van der Waals surface area contributed by atoms with Crippen molar-refractivity contribution in [3.63, 3.8) is 0 Å². The molecule has 6 heteroatoms. The van der Waals surface area contributed by atoms with Crippen molar-refractivity contribution < 1.29 is 9.90 Å². The Balaban J connectivity index is 0.00000117. The van der Waals surface area contributed by atoms with E-state index in [9.17, 15) is 9.90 Å². The smallest absolute Gasteiger partial charge is 0.274 e. The first-order valence-corrected chi connectivity index (χ1v) is 8.55. The van der Waals surface area contributed by atoms with Crippen LogP contribution in [-0.2, 0) is 6.54 Å². The van der Waals surface area contributed by atoms with Crippen molar-refractivity contribution in [2.75, 3.05) is 19.0 Å². The molecule has 2 heterocycles. The summed E-state index contributed by atoms with van der Waals surface area (Å²) in [5, 5.41) is 13.9. The molecular weight excluding hydrogens is 328 g/mol. The zero-order valence-electron chi connectivity index (χ0n) is 15.5. The predicted molar refractivity (Wildman–Crippen MR) is 104 cm³/mol. The molecule has 3 aromatic rings. The van der Waals surface area contributed by atoms with Crippen molar-refractivity contribution in [1.29, 1.82) is 0 Å². The summed E-state index contributed by atoms with van der Waals surface area (Å²) in [6, 6.07) is 13.1. The van der Waals surface area contributed by atoms with E-state index in [4.69, 9.17) is 0 Å². The summed E-state index contributed by atoms with van der Waals surface area (Å²) in [4.78, 5) is 22.8. The number of amides is 1. The number of aromatic nitrogens is 2. The van der Waals surface area contributed by atoms with Crippen molar-refractivity contribution in [1.82, 2.24) is 15.3 Å². The minimum Gasteiger partial charge on any atom is -0.504 e. The zero-order chi connectivity index (χ0) is 19.1. The Labute approximate surface area is 153 Å². The lowest BCUT2D eigenvalue weighted by Crippen LogP contribution is -2.25. The van der Waals surface area contributed by atoms with Gasteiger partial charge in [-0.3, -0.25) is 9.78 Å². The number of nitrogens with zero attached hydrogens (tertiary/aromatic N) is 3. The summed E-state index contributed by atoms with van der Waals surface area (Å²) in [7, 11) is 3.66. The van der Waals surface area contributed by atoms with Crippen molar-refractivity contribution in [2.24, 2.45) is 0 Å². The van der Waals surface area contributed by atoms with Gasteiger partial charge in [0.1, 0.15) is 11.3 Å². The van der Waals surface area contributed by atoms with Crippen LogP contribution in [0.3, 0.4) is 0 Å². The predicted octanol–water partition coefficient (Wildman–Crippen LogP) is 3.36. The van der Waals surface area contributed by atoms with Gasteiger partial charge in [0.25, 0.3) is 5.91 Å². The maximum atomic E-state index is 12.5. The summed E-state index contributed by atoms with van der Waals surface area (Å²) in [6.45, 7) is 4.36. The molecule has 0 unspecified atom stereocenters. The van der Waals surface area contributed by atoms with Crippen LogP contribution in [-0.4, -0.2) is 35.1 Å². The highest BCUT2D eigenvalue weighted by atomic mass is 16.3. The van der Waals surface area contributed by atoms with E-state index in [2.05, 4.69) is 15.3 Å². The molecule has 0 aliphatic carbocycles. The molecule has 0 saturated carbocycles. The number of aromatic hydroxyl groups is 1. The second-order valence-electron chi connectivity index (χ2n) is 5.59. The lowest BCUT2D eigenvalue weighted by atomic mass is 10.1. The molecule has 0 fully saturated rings. The maximum Gasteiger partial charge on any atom is 0.274 e. The Kier molecular flexibility index (Phi) is 6.49. The van der Waals surface area contributed by atoms with Crippen molar-refractivity contribution >= 4 is 22.6 Å². The van der Waals surface area contributed by atoms with Gasteiger partial charge in [0.05, 0.1) is 0 Å². The molecule has 2 aromatic heterocycles. The molecule has 0 atom stereocenters. The maximum absolute atomic E-state index is 12.5. The van der Waals surface area contributed by atoms with Crippen LogP contribution in [0.1, 0.15) is 29.9 Å². The number of pyridine rings is 2. The number of anilines is 1. The number of carbonyl (C=O) groups excluding carboxylic acids is 1. The standard InChI is InChI=1S/C18H18N4O2.C2H6/c1-22(2)17-13-9-6-10-19-14(13)16(23)15(21-17)18(24)20-11-12-7-4-3-5-8-12;1-2/h3-10,23H,11H2,1-2H3,(H,20,24);1-2H3. The molecule has 0 spiro atoms. The number of hydrogen-bond acceptors (Lipinski definition) is 5. The van der Waals surface area contributed by atoms with Crippen molar-refractivity contribution in [3.8, 4) is 5.75 Å². The van der Waals surface area contributed by atoms with Crippen LogP contribution in [0.2, 0.25) is 0 Å². The summed E-state index contributed by atoms with van der Waals surface area (Å²) in [5.41, 5.74) is 1.30. The molecule has 1 amide bonds. The van der Waals surface area contributed by atoms with E-state index in [0.29, 0.717) is 23.3 Å². The third kappa shape index (κ3) is 4.08. The topological polar surface area (TPSA) is 78.4 Å². The van der Waals surface area contributed by atoms with Crippen LogP contribution in [0.5, 0.6) is 5.75 Å². The molecule has 3 rings (SSSR count). The third-order valence-electron chi connectivity index (χ3n) is 3.65. The lowest BCUT2D eigenvalue weighted by molar-refractivity contribution is 0.0943. The monoisotopic (exact) mass is 352 g/mol. The summed E-state index contributed by atoms with van der Waals surface area (Å²) in [5.74, 6) is -0.0606. The fourth-order valence-corrected chi connectivity index (χ4v) is 2.47. The number of rotatable bonds is 4. The van der Waals surface area contributed by atoms with Gasteiger partial charge in [0.2, 0.25) is 0 Å². The van der Waals surface area contributed by atoms with Crippen molar-refractivity contribution in [3.05, 3.63) is 59.9 Å². The van der Waals surface area contributed by atoms with E-state index >= 15 is 0 Å². The first-order chi connectivity index (χ1) is 12.6. The number of fused-ring (bicyclic) bond motifs is 1. The van der Waals surface area contributed by atoms with Gasteiger partial charge in [-0.15, -0.1) is 0 Å². The first-order valence-electron chi connectivity index (χ1n) is 8.55. The van der Waals surface area contributed by atoms with Crippen LogP contribution in [0.4, 0.5) is 5.82 Å². The van der Waals surface area contributed by atoms with E-state index < -0.39 is 5.91 Å². The van der Waals surface area contributed by atoms with Crippen LogP contribution < -0.4 is 10.2 Å². The minimum atomic E-state index is -0.438. The SMILES string of the molecule is CC.CN(C)c1nc(C(=O)NCc2ccccc2)c(O)c2ncccc12. The molecule has 136 valence electrons. The number of benzene rings is 1. The normalized spacial score (nSPS) is 10.0. The van der Waals surface area contributed by atoms with Gasteiger partial charge in [-0.2, -0.15) is 0 Å². The number of carbonyl (C=O) groups is 1. The molecule has 0 bridgehead atoms. The van der Waals surface area contributed by atoms with E-state index in [-0.39, 0.29) is 11.4 Å². The molecule has 0 aliphatic rings. The van der Waals surface area contributed by atoms with Crippen LogP contribution in [0, 0.1) is 0 Å². The highest BCUT2D eigenvalue weighted by Gasteiger charge is 2.20.